The monoisotopic (exact) mass is 438 g/mol. The molecule has 0 heterocycles. The van der Waals surface area contributed by atoms with E-state index in [0.717, 1.165) is 71.4 Å². The third kappa shape index (κ3) is 5.27. The summed E-state index contributed by atoms with van der Waals surface area (Å²) in [4.78, 5) is 2.22. The molecule has 0 N–H and O–H groups in total. The van der Waals surface area contributed by atoms with Crippen LogP contribution >= 0.6 is 0 Å². The minimum absolute atomic E-state index is 0.918. The Hall–Kier alpha value is 1.04. The fourth-order valence-corrected chi connectivity index (χ4v) is 17.3. The van der Waals surface area contributed by atoms with Crippen molar-refractivity contribution in [1.82, 2.24) is 0 Å². The van der Waals surface area contributed by atoms with E-state index < -0.39 is 0 Å². The molecule has 22 heavy (non-hydrogen) atoms. The predicted molar refractivity (Wildman–Crippen MR) is 102 cm³/mol. The zero-order chi connectivity index (χ0) is 16.3. The van der Waals surface area contributed by atoms with Crippen LogP contribution in [-0.4, -0.2) is 26.3 Å². The first kappa shape index (κ1) is 19.4. The SMILES string of the molecule is CC(C)[C@H]1CC[C@@H](C)C[C@H]1[Se][Se][C@@H]1C[C@H](C)CC[C@@H]1C(C)C. The second-order valence-corrected chi connectivity index (χ2v) is 16.5. The Morgan fingerprint density at radius 1 is 0.636 bits per heavy atom. The van der Waals surface area contributed by atoms with Crippen molar-refractivity contribution in [3.8, 4) is 0 Å². The molecule has 0 aromatic heterocycles. The van der Waals surface area contributed by atoms with Crippen LogP contribution in [0.5, 0.6) is 0 Å². The van der Waals surface area contributed by atoms with Crippen LogP contribution in [0.1, 0.15) is 80.1 Å². The predicted octanol–water partition coefficient (Wildman–Crippen LogP) is 6.07. The molecule has 0 amide bonds. The van der Waals surface area contributed by atoms with Crippen molar-refractivity contribution >= 4 is 26.3 Å². The maximum absolute atomic E-state index is 2.51. The van der Waals surface area contributed by atoms with E-state index in [2.05, 4.69) is 41.5 Å². The second-order valence-electron chi connectivity index (χ2n) is 8.92. The van der Waals surface area contributed by atoms with Gasteiger partial charge in [0.05, 0.1) is 0 Å². The van der Waals surface area contributed by atoms with Gasteiger partial charge in [-0.25, -0.2) is 0 Å². The van der Waals surface area contributed by atoms with Crippen molar-refractivity contribution in [2.45, 2.75) is 89.7 Å². The van der Waals surface area contributed by atoms with Crippen molar-refractivity contribution < 1.29 is 0 Å². The maximum atomic E-state index is 2.51. The molecule has 0 nitrogen and oxygen atoms in total. The van der Waals surface area contributed by atoms with Crippen LogP contribution in [0.3, 0.4) is 0 Å². The second kappa shape index (κ2) is 8.94. The van der Waals surface area contributed by atoms with Crippen LogP contribution in [0, 0.1) is 35.5 Å². The van der Waals surface area contributed by atoms with E-state index in [1.165, 1.54) is 25.7 Å². The van der Waals surface area contributed by atoms with Gasteiger partial charge in [0.25, 0.3) is 0 Å². The number of hydrogen-bond donors (Lipinski definition) is 0. The van der Waals surface area contributed by atoms with Gasteiger partial charge < -0.3 is 0 Å². The molecule has 2 heteroatoms. The van der Waals surface area contributed by atoms with E-state index in [1.54, 1.807) is 12.8 Å². The van der Waals surface area contributed by atoms with Crippen molar-refractivity contribution in [3.63, 3.8) is 0 Å². The molecule has 2 saturated carbocycles. The molecule has 0 saturated heterocycles. The fraction of sp³-hybridized carbons (Fsp3) is 1.00. The summed E-state index contributed by atoms with van der Waals surface area (Å²) in [6.07, 6.45) is 9.15. The Labute approximate surface area is 151 Å². The standard InChI is InChI=1S/C20H38Se2/c1-13(2)17-9-7-15(5)11-19(17)21-22-20-12-16(6)8-10-18(20)14(3)4/h13-20H,7-12H2,1-6H3/t15-,16-,17-,18-,19-,20-/m1/s1. The van der Waals surface area contributed by atoms with Gasteiger partial charge in [-0.15, -0.1) is 0 Å². The summed E-state index contributed by atoms with van der Waals surface area (Å²) < 4.78 is 0. The average Bonchev–Trinajstić information content (AvgIpc) is 2.44. The van der Waals surface area contributed by atoms with Crippen LogP contribution in [0.25, 0.3) is 0 Å². The minimum atomic E-state index is 0.918. The molecular weight excluding hydrogens is 398 g/mol. The van der Waals surface area contributed by atoms with Gasteiger partial charge in [-0.1, -0.05) is 0 Å². The van der Waals surface area contributed by atoms with Gasteiger partial charge in [-0.3, -0.25) is 0 Å². The molecule has 0 spiro atoms. The van der Waals surface area contributed by atoms with Gasteiger partial charge in [0.15, 0.2) is 0 Å². The Morgan fingerprint density at radius 3 is 1.32 bits per heavy atom. The van der Waals surface area contributed by atoms with Crippen LogP contribution in [0.2, 0.25) is 9.63 Å². The van der Waals surface area contributed by atoms with Gasteiger partial charge in [0.2, 0.25) is 0 Å². The molecule has 2 fully saturated rings. The van der Waals surface area contributed by atoms with Crippen molar-refractivity contribution in [3.05, 3.63) is 0 Å². The van der Waals surface area contributed by atoms with Crippen LogP contribution < -0.4 is 0 Å². The molecule has 130 valence electrons. The van der Waals surface area contributed by atoms with Crippen LogP contribution in [0.4, 0.5) is 0 Å². The summed E-state index contributed by atoms with van der Waals surface area (Å²) >= 11 is 1.90. The molecule has 6 atom stereocenters. The first-order chi connectivity index (χ1) is 10.4. The van der Waals surface area contributed by atoms with Crippen LogP contribution in [0.15, 0.2) is 0 Å². The molecule has 2 aliphatic carbocycles. The Morgan fingerprint density at radius 2 is 1.00 bits per heavy atom. The zero-order valence-corrected chi connectivity index (χ0v) is 19.1. The third-order valence-electron chi connectivity index (χ3n) is 6.23. The summed E-state index contributed by atoms with van der Waals surface area (Å²) in [6.45, 7) is 14.9. The fourth-order valence-electron chi connectivity index (χ4n) is 4.59. The molecular formula is C20H38Se2. The van der Waals surface area contributed by atoms with Gasteiger partial charge >= 0.3 is 151 Å². The normalized spacial score (nSPS) is 40.4. The first-order valence-corrected chi connectivity index (χ1v) is 16.0. The summed E-state index contributed by atoms with van der Waals surface area (Å²) in [6, 6.07) is 0. The van der Waals surface area contributed by atoms with Crippen molar-refractivity contribution in [2.24, 2.45) is 35.5 Å². The Kier molecular flexibility index (Phi) is 7.87. The quantitative estimate of drug-likeness (QED) is 0.459. The zero-order valence-electron chi connectivity index (χ0n) is 15.7. The summed E-state index contributed by atoms with van der Waals surface area (Å²) in [7, 11) is 0. The summed E-state index contributed by atoms with van der Waals surface area (Å²) in [5, 5.41) is 0. The topological polar surface area (TPSA) is 0 Å². The van der Waals surface area contributed by atoms with Crippen molar-refractivity contribution in [1.29, 1.82) is 0 Å². The summed E-state index contributed by atoms with van der Waals surface area (Å²) in [5.74, 6) is 5.95. The van der Waals surface area contributed by atoms with Gasteiger partial charge in [-0.2, -0.15) is 0 Å². The van der Waals surface area contributed by atoms with Gasteiger partial charge in [0.1, 0.15) is 0 Å². The van der Waals surface area contributed by atoms with Gasteiger partial charge in [-0.05, 0) is 0 Å². The van der Waals surface area contributed by atoms with E-state index in [-0.39, 0.29) is 0 Å². The van der Waals surface area contributed by atoms with E-state index in [9.17, 15) is 0 Å². The third-order valence-corrected chi connectivity index (χ3v) is 16.4. The molecule has 0 bridgehead atoms. The van der Waals surface area contributed by atoms with E-state index in [0.29, 0.717) is 0 Å². The average molecular weight is 436 g/mol. The molecule has 0 unspecified atom stereocenters. The van der Waals surface area contributed by atoms with Gasteiger partial charge in [0, 0.05) is 0 Å². The van der Waals surface area contributed by atoms with E-state index in [1.807, 2.05) is 0 Å². The summed E-state index contributed by atoms with van der Waals surface area (Å²) in [5.41, 5.74) is 0. The molecule has 2 aliphatic rings. The molecule has 0 aliphatic heterocycles. The number of hydrogen-bond acceptors (Lipinski definition) is 0. The first-order valence-electron chi connectivity index (χ1n) is 9.70. The molecule has 0 aromatic rings. The molecule has 0 radical (unpaired) electrons. The van der Waals surface area contributed by atoms with Crippen molar-refractivity contribution in [2.75, 3.05) is 0 Å². The van der Waals surface area contributed by atoms with E-state index >= 15 is 0 Å². The molecule has 2 rings (SSSR count). The Bertz CT molecular complexity index is 294. The Balaban J connectivity index is 1.93. The van der Waals surface area contributed by atoms with E-state index in [4.69, 9.17) is 0 Å². The number of rotatable bonds is 5. The molecule has 0 aromatic carbocycles. The van der Waals surface area contributed by atoms with Crippen LogP contribution in [-0.2, 0) is 0 Å².